The Morgan fingerprint density at radius 2 is 1.86 bits per heavy atom. The molecular weight excluding hydrogens is 378 g/mol. The number of carbonyl (C=O) groups excluding carboxylic acids is 2. The molecule has 2 aliphatic heterocycles. The lowest BCUT2D eigenvalue weighted by atomic mass is 9.73. The molecule has 0 radical (unpaired) electrons. The monoisotopic (exact) mass is 413 g/mol. The second-order valence-corrected chi connectivity index (χ2v) is 9.79. The first-order valence-electron chi connectivity index (χ1n) is 10.1. The van der Waals surface area contributed by atoms with Crippen LogP contribution in [0.3, 0.4) is 0 Å². The Bertz CT molecular complexity index is 659. The summed E-state index contributed by atoms with van der Waals surface area (Å²) in [5.74, 6) is -1.35. The molecule has 4 atom stereocenters. The number of fused-ring (bicyclic) bond motifs is 1. The van der Waals surface area contributed by atoms with Crippen LogP contribution in [0.15, 0.2) is 11.6 Å². The normalized spacial score (nSPS) is 25.8. The Labute approximate surface area is 172 Å². The molecule has 0 bridgehead atoms. The lowest BCUT2D eigenvalue weighted by Crippen LogP contribution is -2.58. The van der Waals surface area contributed by atoms with Crippen molar-refractivity contribution in [3.05, 3.63) is 11.6 Å². The van der Waals surface area contributed by atoms with E-state index in [1.807, 2.05) is 6.08 Å². The van der Waals surface area contributed by atoms with E-state index in [4.69, 9.17) is 9.47 Å². The Balaban J connectivity index is 2.03. The summed E-state index contributed by atoms with van der Waals surface area (Å²) >= 11 is 0. The minimum atomic E-state index is -2.04. The van der Waals surface area contributed by atoms with Gasteiger partial charge in [-0.25, -0.2) is 4.79 Å². The number of nitrogens with zero attached hydrogens (tertiary/aromatic N) is 1. The fourth-order valence-corrected chi connectivity index (χ4v) is 4.05. The van der Waals surface area contributed by atoms with Gasteiger partial charge in [0.15, 0.2) is 5.60 Å². The van der Waals surface area contributed by atoms with Crippen LogP contribution in [0, 0.1) is 5.41 Å². The van der Waals surface area contributed by atoms with Crippen LogP contribution in [0.4, 0.5) is 0 Å². The molecule has 2 heterocycles. The lowest BCUT2D eigenvalue weighted by Gasteiger charge is -2.40. The topological polar surface area (TPSA) is 117 Å². The maximum absolute atomic E-state index is 12.6. The van der Waals surface area contributed by atoms with E-state index >= 15 is 0 Å². The highest BCUT2D eigenvalue weighted by Crippen LogP contribution is 2.36. The summed E-state index contributed by atoms with van der Waals surface area (Å²) < 4.78 is 11.0. The van der Waals surface area contributed by atoms with Crippen LogP contribution in [0.5, 0.6) is 0 Å². The van der Waals surface area contributed by atoms with Crippen molar-refractivity contribution < 1.29 is 34.4 Å². The van der Waals surface area contributed by atoms with Crippen molar-refractivity contribution in [3.63, 3.8) is 0 Å². The fourth-order valence-electron chi connectivity index (χ4n) is 4.05. The standard InChI is InChI=1S/C21H35NO7/c1-13(23)21(27,19(2,3)4)18(25)28-12-14-7-9-22-10-8-15(17(14)22)29-16(24)11-20(5,6)26/h7,13,15,17,23,26-27H,8-12H2,1-6H3/t13-,15+,17+,21+/m0/s1. The summed E-state index contributed by atoms with van der Waals surface area (Å²) in [7, 11) is 0. The van der Waals surface area contributed by atoms with E-state index in [2.05, 4.69) is 4.90 Å². The molecule has 0 aromatic carbocycles. The molecular formula is C21H35NO7. The summed E-state index contributed by atoms with van der Waals surface area (Å²) in [5, 5.41) is 30.6. The van der Waals surface area contributed by atoms with Gasteiger partial charge in [-0.2, -0.15) is 0 Å². The predicted molar refractivity (Wildman–Crippen MR) is 106 cm³/mol. The van der Waals surface area contributed by atoms with Crippen LogP contribution in [0.2, 0.25) is 0 Å². The highest BCUT2D eigenvalue weighted by atomic mass is 16.6. The third kappa shape index (κ3) is 5.17. The van der Waals surface area contributed by atoms with Crippen molar-refractivity contribution in [1.82, 2.24) is 4.90 Å². The van der Waals surface area contributed by atoms with E-state index in [1.165, 1.54) is 6.92 Å². The molecule has 0 spiro atoms. The number of carbonyl (C=O) groups is 2. The van der Waals surface area contributed by atoms with Crippen LogP contribution < -0.4 is 0 Å². The molecule has 166 valence electrons. The molecule has 3 N–H and O–H groups in total. The van der Waals surface area contributed by atoms with Crippen LogP contribution in [-0.4, -0.2) is 81.3 Å². The first-order chi connectivity index (χ1) is 13.2. The minimum Gasteiger partial charge on any atom is -0.460 e. The molecule has 2 aliphatic rings. The van der Waals surface area contributed by atoms with Gasteiger partial charge in [0.25, 0.3) is 0 Å². The molecule has 0 unspecified atom stereocenters. The number of hydrogen-bond acceptors (Lipinski definition) is 8. The smallest absolute Gasteiger partial charge is 0.341 e. The SMILES string of the molecule is C[C@H](O)[C@@](O)(C(=O)OCC1=CCN2CC[C@@H](OC(=O)CC(C)(C)O)[C@@H]12)C(C)(C)C. The predicted octanol–water partition coefficient (Wildman–Crippen LogP) is 0.775. The van der Waals surface area contributed by atoms with Gasteiger partial charge in [0, 0.05) is 18.5 Å². The van der Waals surface area contributed by atoms with E-state index < -0.39 is 34.7 Å². The zero-order chi connectivity index (χ0) is 22.2. The summed E-state index contributed by atoms with van der Waals surface area (Å²) in [6.45, 7) is 10.8. The highest BCUT2D eigenvalue weighted by molar-refractivity contribution is 5.81. The molecule has 2 rings (SSSR count). The molecule has 0 aromatic heterocycles. The van der Waals surface area contributed by atoms with Crippen LogP contribution >= 0.6 is 0 Å². The van der Waals surface area contributed by atoms with Gasteiger partial charge in [-0.05, 0) is 32.8 Å². The molecule has 1 fully saturated rings. The van der Waals surface area contributed by atoms with E-state index in [-0.39, 0.29) is 25.2 Å². The van der Waals surface area contributed by atoms with Crippen molar-refractivity contribution in [1.29, 1.82) is 0 Å². The molecule has 1 saturated heterocycles. The van der Waals surface area contributed by atoms with Gasteiger partial charge >= 0.3 is 11.9 Å². The Morgan fingerprint density at radius 3 is 2.38 bits per heavy atom. The number of ether oxygens (including phenoxy) is 2. The van der Waals surface area contributed by atoms with E-state index in [0.717, 1.165) is 12.1 Å². The summed E-state index contributed by atoms with van der Waals surface area (Å²) in [4.78, 5) is 26.9. The average Bonchev–Trinajstić information content (AvgIpc) is 3.12. The van der Waals surface area contributed by atoms with E-state index in [1.54, 1.807) is 34.6 Å². The molecule has 29 heavy (non-hydrogen) atoms. The molecule has 8 heteroatoms. The van der Waals surface area contributed by atoms with Crippen LogP contribution in [-0.2, 0) is 19.1 Å². The number of hydrogen-bond donors (Lipinski definition) is 3. The zero-order valence-corrected chi connectivity index (χ0v) is 18.3. The maximum atomic E-state index is 12.6. The minimum absolute atomic E-state index is 0.0509. The molecule has 0 aromatic rings. The van der Waals surface area contributed by atoms with Gasteiger partial charge < -0.3 is 24.8 Å². The fraction of sp³-hybridized carbons (Fsp3) is 0.810. The van der Waals surface area contributed by atoms with Crippen molar-refractivity contribution in [2.75, 3.05) is 19.7 Å². The molecule has 8 nitrogen and oxygen atoms in total. The largest absolute Gasteiger partial charge is 0.460 e. The Morgan fingerprint density at radius 1 is 1.24 bits per heavy atom. The van der Waals surface area contributed by atoms with Crippen molar-refractivity contribution >= 4 is 11.9 Å². The zero-order valence-electron chi connectivity index (χ0n) is 18.3. The van der Waals surface area contributed by atoms with Gasteiger partial charge in [0.05, 0.1) is 24.2 Å². The van der Waals surface area contributed by atoms with Gasteiger partial charge in [0.2, 0.25) is 0 Å². The maximum Gasteiger partial charge on any atom is 0.341 e. The van der Waals surface area contributed by atoms with Crippen molar-refractivity contribution in [2.45, 2.75) is 83.8 Å². The summed E-state index contributed by atoms with van der Waals surface area (Å²) in [6, 6.07) is -0.192. The molecule has 0 aliphatic carbocycles. The van der Waals surface area contributed by atoms with Gasteiger partial charge in [-0.3, -0.25) is 9.69 Å². The number of aliphatic hydroxyl groups excluding tert-OH is 1. The van der Waals surface area contributed by atoms with Gasteiger partial charge in [-0.15, -0.1) is 0 Å². The highest BCUT2D eigenvalue weighted by Gasteiger charge is 2.52. The number of esters is 2. The first kappa shape index (κ1) is 23.8. The van der Waals surface area contributed by atoms with Crippen molar-refractivity contribution in [3.8, 4) is 0 Å². The summed E-state index contributed by atoms with van der Waals surface area (Å²) in [5.41, 5.74) is -3.30. The van der Waals surface area contributed by atoms with Crippen LogP contribution in [0.1, 0.15) is 54.4 Å². The third-order valence-electron chi connectivity index (χ3n) is 5.70. The second-order valence-electron chi connectivity index (χ2n) is 9.79. The molecule has 0 saturated carbocycles. The Hall–Kier alpha value is -1.48. The molecule has 0 amide bonds. The first-order valence-corrected chi connectivity index (χ1v) is 10.1. The number of aliphatic hydroxyl groups is 3. The van der Waals surface area contributed by atoms with E-state index in [9.17, 15) is 24.9 Å². The third-order valence-corrected chi connectivity index (χ3v) is 5.70. The average molecular weight is 414 g/mol. The second kappa shape index (κ2) is 8.34. The van der Waals surface area contributed by atoms with Gasteiger partial charge in [0.1, 0.15) is 12.7 Å². The van der Waals surface area contributed by atoms with E-state index in [0.29, 0.717) is 13.0 Å². The summed E-state index contributed by atoms with van der Waals surface area (Å²) in [6.07, 6.45) is 0.818. The quantitative estimate of drug-likeness (QED) is 0.414. The van der Waals surface area contributed by atoms with Crippen molar-refractivity contribution in [2.24, 2.45) is 5.41 Å². The van der Waals surface area contributed by atoms with Gasteiger partial charge in [-0.1, -0.05) is 26.8 Å². The lowest BCUT2D eigenvalue weighted by molar-refractivity contribution is -0.195. The number of rotatable bonds is 7. The Kier molecular flexibility index (Phi) is 6.84. The van der Waals surface area contributed by atoms with Crippen LogP contribution in [0.25, 0.3) is 0 Å².